The molecule has 0 saturated heterocycles. The maximum atomic E-state index is 12.7. The zero-order chi connectivity index (χ0) is 21.2. The number of urea groups is 1. The van der Waals surface area contributed by atoms with E-state index in [4.69, 9.17) is 0 Å². The maximum absolute atomic E-state index is 12.7. The molecule has 1 heterocycles. The number of carbonyl (C=O) groups excluding carboxylic acids is 1. The SMILES string of the molecule is CCC(NC(=O)NC(C)c1csc(C2CC2)n1)C(O)c1ccc(C(F)(F)F)cc1. The van der Waals surface area contributed by atoms with E-state index in [1.54, 1.807) is 18.3 Å². The fourth-order valence-electron chi connectivity index (χ4n) is 3.00. The molecule has 5 nitrogen and oxygen atoms in total. The third kappa shape index (κ3) is 5.48. The van der Waals surface area contributed by atoms with E-state index in [0.717, 1.165) is 35.7 Å². The normalized spacial score (nSPS) is 17.4. The largest absolute Gasteiger partial charge is 0.416 e. The number of alkyl halides is 3. The molecular weight excluding hydrogens is 403 g/mol. The average molecular weight is 427 g/mol. The molecule has 2 amide bonds. The van der Waals surface area contributed by atoms with Crippen LogP contribution in [0.5, 0.6) is 0 Å². The molecule has 0 spiro atoms. The lowest BCUT2D eigenvalue weighted by Crippen LogP contribution is -2.45. The standard InChI is InChI=1S/C20H24F3N3O2S/c1-3-15(17(27)12-6-8-14(9-7-12)20(21,22)23)26-19(28)24-11(2)16-10-29-18(25-16)13-4-5-13/h6-11,13,15,17,27H,3-5H2,1-2H3,(H2,24,26,28). The molecule has 2 aromatic rings. The fourth-order valence-corrected chi connectivity index (χ4v) is 4.09. The van der Waals surface area contributed by atoms with E-state index < -0.39 is 29.9 Å². The Morgan fingerprint density at radius 3 is 2.48 bits per heavy atom. The van der Waals surface area contributed by atoms with Gasteiger partial charge in [-0.05, 0) is 43.9 Å². The molecule has 158 valence electrons. The van der Waals surface area contributed by atoms with E-state index in [2.05, 4.69) is 15.6 Å². The van der Waals surface area contributed by atoms with Crippen LogP contribution in [0.3, 0.4) is 0 Å². The quantitative estimate of drug-likeness (QED) is 0.588. The lowest BCUT2D eigenvalue weighted by molar-refractivity contribution is -0.137. The van der Waals surface area contributed by atoms with Gasteiger partial charge in [-0.2, -0.15) is 13.2 Å². The van der Waals surface area contributed by atoms with Crippen molar-refractivity contribution in [1.82, 2.24) is 15.6 Å². The number of aliphatic hydroxyl groups excluding tert-OH is 1. The molecular formula is C20H24F3N3O2S. The Morgan fingerprint density at radius 1 is 1.28 bits per heavy atom. The highest BCUT2D eigenvalue weighted by molar-refractivity contribution is 7.09. The molecule has 3 rings (SSSR count). The number of nitrogens with zero attached hydrogens (tertiary/aromatic N) is 1. The molecule has 0 aliphatic heterocycles. The highest BCUT2D eigenvalue weighted by atomic mass is 32.1. The van der Waals surface area contributed by atoms with Crippen LogP contribution in [0.15, 0.2) is 29.6 Å². The molecule has 1 aliphatic rings. The summed E-state index contributed by atoms with van der Waals surface area (Å²) in [4.78, 5) is 16.9. The van der Waals surface area contributed by atoms with Gasteiger partial charge in [-0.15, -0.1) is 11.3 Å². The number of benzene rings is 1. The predicted octanol–water partition coefficient (Wildman–Crippen LogP) is 4.91. The van der Waals surface area contributed by atoms with Gasteiger partial charge in [0.15, 0.2) is 0 Å². The summed E-state index contributed by atoms with van der Waals surface area (Å²) in [6.07, 6.45) is -2.82. The minimum absolute atomic E-state index is 0.292. The van der Waals surface area contributed by atoms with Crippen molar-refractivity contribution in [1.29, 1.82) is 0 Å². The molecule has 0 radical (unpaired) electrons. The number of hydrogen-bond acceptors (Lipinski definition) is 4. The number of aliphatic hydroxyl groups is 1. The molecule has 0 bridgehead atoms. The van der Waals surface area contributed by atoms with Crippen LogP contribution >= 0.6 is 11.3 Å². The number of nitrogens with one attached hydrogen (secondary N) is 2. The first-order chi connectivity index (χ1) is 13.7. The predicted molar refractivity (Wildman–Crippen MR) is 105 cm³/mol. The first-order valence-electron chi connectivity index (χ1n) is 9.56. The smallest absolute Gasteiger partial charge is 0.386 e. The molecule has 3 unspecified atom stereocenters. The molecule has 29 heavy (non-hydrogen) atoms. The number of carbonyl (C=O) groups is 1. The molecule has 9 heteroatoms. The second-order valence-electron chi connectivity index (χ2n) is 7.30. The van der Waals surface area contributed by atoms with E-state index in [1.165, 1.54) is 12.1 Å². The van der Waals surface area contributed by atoms with Crippen LogP contribution in [0.25, 0.3) is 0 Å². The van der Waals surface area contributed by atoms with Crippen molar-refractivity contribution in [3.05, 3.63) is 51.5 Å². The Morgan fingerprint density at radius 2 is 1.93 bits per heavy atom. The first-order valence-corrected chi connectivity index (χ1v) is 10.4. The zero-order valence-electron chi connectivity index (χ0n) is 16.2. The monoisotopic (exact) mass is 427 g/mol. The molecule has 1 aromatic heterocycles. The van der Waals surface area contributed by atoms with E-state index in [-0.39, 0.29) is 6.04 Å². The van der Waals surface area contributed by atoms with Gasteiger partial charge < -0.3 is 15.7 Å². The fraction of sp³-hybridized carbons (Fsp3) is 0.500. The highest BCUT2D eigenvalue weighted by Gasteiger charge is 2.31. The van der Waals surface area contributed by atoms with Crippen LogP contribution in [0, 0.1) is 0 Å². The minimum atomic E-state index is -4.43. The Kier molecular flexibility index (Phi) is 6.48. The van der Waals surface area contributed by atoms with Crippen molar-refractivity contribution in [3.63, 3.8) is 0 Å². The van der Waals surface area contributed by atoms with Crippen LogP contribution in [0.4, 0.5) is 18.0 Å². The molecule has 1 aliphatic carbocycles. The van der Waals surface area contributed by atoms with Gasteiger partial charge in [-0.25, -0.2) is 9.78 Å². The van der Waals surface area contributed by atoms with Gasteiger partial charge in [0.05, 0.1) is 34.5 Å². The maximum Gasteiger partial charge on any atom is 0.416 e. The van der Waals surface area contributed by atoms with Gasteiger partial charge in [0.2, 0.25) is 0 Å². The third-order valence-corrected chi connectivity index (χ3v) is 6.00. The summed E-state index contributed by atoms with van der Waals surface area (Å²) >= 11 is 1.60. The van der Waals surface area contributed by atoms with E-state index in [0.29, 0.717) is 17.9 Å². The van der Waals surface area contributed by atoms with Crippen LogP contribution in [-0.2, 0) is 6.18 Å². The Hall–Kier alpha value is -2.13. The van der Waals surface area contributed by atoms with Gasteiger partial charge in [0, 0.05) is 11.3 Å². The third-order valence-electron chi connectivity index (χ3n) is 4.97. The van der Waals surface area contributed by atoms with E-state index in [1.807, 2.05) is 12.3 Å². The molecule has 1 saturated carbocycles. The van der Waals surface area contributed by atoms with Crippen LogP contribution in [-0.4, -0.2) is 22.2 Å². The summed E-state index contributed by atoms with van der Waals surface area (Å²) in [5, 5.41) is 19.1. The molecule has 3 atom stereocenters. The van der Waals surface area contributed by atoms with Crippen molar-refractivity contribution in [2.75, 3.05) is 0 Å². The van der Waals surface area contributed by atoms with Gasteiger partial charge in [0.1, 0.15) is 0 Å². The topological polar surface area (TPSA) is 74.2 Å². The molecule has 3 N–H and O–H groups in total. The Balaban J connectivity index is 1.58. The highest BCUT2D eigenvalue weighted by Crippen LogP contribution is 2.41. The number of halogens is 3. The average Bonchev–Trinajstić information content (AvgIpc) is 3.41. The summed E-state index contributed by atoms with van der Waals surface area (Å²) in [6, 6.07) is 2.91. The number of rotatable bonds is 7. The second-order valence-corrected chi connectivity index (χ2v) is 8.19. The molecule has 1 aromatic carbocycles. The lowest BCUT2D eigenvalue weighted by Gasteiger charge is -2.24. The van der Waals surface area contributed by atoms with Crippen LogP contribution in [0.2, 0.25) is 0 Å². The summed E-state index contributed by atoms with van der Waals surface area (Å²) in [5.74, 6) is 0.554. The van der Waals surface area contributed by atoms with Crippen molar-refractivity contribution >= 4 is 17.4 Å². The van der Waals surface area contributed by atoms with Gasteiger partial charge in [-0.3, -0.25) is 0 Å². The lowest BCUT2D eigenvalue weighted by atomic mass is 9.99. The second kappa shape index (κ2) is 8.71. The van der Waals surface area contributed by atoms with E-state index in [9.17, 15) is 23.1 Å². The van der Waals surface area contributed by atoms with Crippen LogP contribution in [0.1, 0.15) is 73.0 Å². The Bertz CT molecular complexity index is 834. The number of aromatic nitrogens is 1. The van der Waals surface area contributed by atoms with Crippen molar-refractivity contribution in [2.45, 2.75) is 63.4 Å². The number of thiazole rings is 1. The Labute approximate surface area is 171 Å². The van der Waals surface area contributed by atoms with Crippen LogP contribution < -0.4 is 10.6 Å². The van der Waals surface area contributed by atoms with Gasteiger partial charge in [-0.1, -0.05) is 19.1 Å². The van der Waals surface area contributed by atoms with Crippen molar-refractivity contribution in [3.8, 4) is 0 Å². The van der Waals surface area contributed by atoms with Crippen molar-refractivity contribution in [2.24, 2.45) is 0 Å². The first kappa shape index (κ1) is 21.6. The number of hydrogen-bond donors (Lipinski definition) is 3. The summed E-state index contributed by atoms with van der Waals surface area (Å²) < 4.78 is 38.1. The van der Waals surface area contributed by atoms with E-state index >= 15 is 0 Å². The zero-order valence-corrected chi connectivity index (χ0v) is 17.0. The number of amides is 2. The van der Waals surface area contributed by atoms with Gasteiger partial charge in [0.25, 0.3) is 0 Å². The molecule has 1 fully saturated rings. The summed E-state index contributed by atoms with van der Waals surface area (Å²) in [6.45, 7) is 3.61. The summed E-state index contributed by atoms with van der Waals surface area (Å²) in [5.41, 5.74) is 0.324. The minimum Gasteiger partial charge on any atom is -0.386 e. The van der Waals surface area contributed by atoms with Crippen molar-refractivity contribution < 1.29 is 23.1 Å². The summed E-state index contributed by atoms with van der Waals surface area (Å²) in [7, 11) is 0. The van der Waals surface area contributed by atoms with Gasteiger partial charge >= 0.3 is 12.2 Å².